The van der Waals surface area contributed by atoms with Crippen LogP contribution in [0, 0.1) is 0 Å². The molecule has 0 bridgehead atoms. The monoisotopic (exact) mass is 343 g/mol. The average molecular weight is 344 g/mol. The van der Waals surface area contributed by atoms with Crippen LogP contribution in [0.15, 0.2) is 24.3 Å². The van der Waals surface area contributed by atoms with E-state index in [-0.39, 0.29) is 0 Å². The largest absolute Gasteiger partial charge is 0.313 e. The highest BCUT2D eigenvalue weighted by molar-refractivity contribution is 8.07. The van der Waals surface area contributed by atoms with E-state index in [4.69, 9.17) is 11.6 Å². The van der Waals surface area contributed by atoms with Crippen LogP contribution in [-0.4, -0.2) is 34.6 Å². The molecule has 1 aromatic rings. The summed E-state index contributed by atoms with van der Waals surface area (Å²) >= 11 is 10.7. The fourth-order valence-corrected chi connectivity index (χ4v) is 6.32. The quantitative estimate of drug-likeness (QED) is 0.757. The average Bonchev–Trinajstić information content (AvgIpc) is 2.53. The van der Waals surface area contributed by atoms with Gasteiger partial charge in [-0.3, -0.25) is 0 Å². The molecular formula is C17H26ClNS2. The van der Waals surface area contributed by atoms with Gasteiger partial charge in [0.25, 0.3) is 0 Å². The molecule has 2 rings (SSSR count). The number of nitrogens with one attached hydrogen (secondary N) is 1. The van der Waals surface area contributed by atoms with Gasteiger partial charge in [-0.15, -0.1) is 0 Å². The summed E-state index contributed by atoms with van der Waals surface area (Å²) < 4.78 is 0. The van der Waals surface area contributed by atoms with Gasteiger partial charge in [-0.05, 0) is 37.4 Å². The van der Waals surface area contributed by atoms with E-state index >= 15 is 0 Å². The van der Waals surface area contributed by atoms with Gasteiger partial charge in [-0.25, -0.2) is 0 Å². The smallest absolute Gasteiger partial charge is 0.0438 e. The molecule has 1 heterocycles. The van der Waals surface area contributed by atoms with Crippen molar-refractivity contribution < 1.29 is 0 Å². The van der Waals surface area contributed by atoms with Crippen LogP contribution in [-0.2, 0) is 6.42 Å². The number of hydrogen-bond acceptors (Lipinski definition) is 3. The minimum Gasteiger partial charge on any atom is -0.313 e. The first kappa shape index (κ1) is 17.5. The van der Waals surface area contributed by atoms with Gasteiger partial charge in [0.05, 0.1) is 0 Å². The number of hydrogen-bond donors (Lipinski definition) is 1. The van der Waals surface area contributed by atoms with Crippen molar-refractivity contribution in [3.63, 3.8) is 0 Å². The molecule has 3 unspecified atom stereocenters. The first-order chi connectivity index (χ1) is 10.3. The lowest BCUT2D eigenvalue weighted by Gasteiger charge is -2.36. The van der Waals surface area contributed by atoms with E-state index in [1.54, 1.807) is 0 Å². The molecule has 21 heavy (non-hydrogen) atoms. The van der Waals surface area contributed by atoms with Gasteiger partial charge in [0.15, 0.2) is 0 Å². The van der Waals surface area contributed by atoms with Crippen molar-refractivity contribution in [2.45, 2.75) is 49.7 Å². The summed E-state index contributed by atoms with van der Waals surface area (Å²) in [5, 5.41) is 6.15. The first-order valence-corrected chi connectivity index (χ1v) is 10.4. The zero-order valence-corrected chi connectivity index (χ0v) is 15.4. The highest BCUT2D eigenvalue weighted by Gasteiger charge is 2.32. The van der Waals surface area contributed by atoms with Gasteiger partial charge in [0.2, 0.25) is 0 Å². The topological polar surface area (TPSA) is 12.0 Å². The second-order valence-electron chi connectivity index (χ2n) is 5.51. The van der Waals surface area contributed by atoms with Crippen LogP contribution in [0.25, 0.3) is 0 Å². The Kier molecular flexibility index (Phi) is 7.79. The number of thioether (sulfide) groups is 2. The Morgan fingerprint density at radius 2 is 2.00 bits per heavy atom. The highest BCUT2D eigenvalue weighted by Crippen LogP contribution is 2.36. The predicted octanol–water partition coefficient (Wildman–Crippen LogP) is 4.88. The Hall–Kier alpha value is 0.170. The zero-order valence-electron chi connectivity index (χ0n) is 13.0. The molecule has 1 aromatic carbocycles. The lowest BCUT2D eigenvalue weighted by molar-refractivity contribution is 0.477. The second-order valence-corrected chi connectivity index (χ2v) is 8.55. The zero-order chi connectivity index (χ0) is 15.1. The van der Waals surface area contributed by atoms with E-state index in [1.807, 2.05) is 12.1 Å². The number of rotatable bonds is 7. The Morgan fingerprint density at radius 1 is 1.24 bits per heavy atom. The van der Waals surface area contributed by atoms with Crippen molar-refractivity contribution >= 4 is 35.1 Å². The van der Waals surface area contributed by atoms with E-state index in [1.165, 1.54) is 29.9 Å². The lowest BCUT2D eigenvalue weighted by atomic mass is 10.00. The third kappa shape index (κ3) is 5.09. The minimum absolute atomic E-state index is 0.521. The molecule has 1 fully saturated rings. The Balaban J connectivity index is 2.11. The molecule has 0 aliphatic carbocycles. The highest BCUT2D eigenvalue weighted by atomic mass is 35.5. The van der Waals surface area contributed by atoms with Crippen LogP contribution < -0.4 is 5.32 Å². The Morgan fingerprint density at radius 3 is 2.71 bits per heavy atom. The standard InChI is InChI=1S/C17H26ClNS2/c1-3-9-19-15(12-13-7-5-6-8-14(13)18)17-16(4-2)20-10-11-21-17/h5-8,15-17,19H,3-4,9-12H2,1-2H3. The fraction of sp³-hybridized carbons (Fsp3) is 0.647. The van der Waals surface area contributed by atoms with Crippen LogP contribution in [0.5, 0.6) is 0 Å². The summed E-state index contributed by atoms with van der Waals surface area (Å²) in [6.07, 6.45) is 3.48. The summed E-state index contributed by atoms with van der Waals surface area (Å²) in [6.45, 7) is 5.65. The molecular weight excluding hydrogens is 318 g/mol. The summed E-state index contributed by atoms with van der Waals surface area (Å²) in [7, 11) is 0. The maximum Gasteiger partial charge on any atom is 0.0438 e. The molecule has 118 valence electrons. The maximum absolute atomic E-state index is 6.37. The Labute approximate surface area is 143 Å². The summed E-state index contributed by atoms with van der Waals surface area (Å²) in [5.74, 6) is 2.57. The summed E-state index contributed by atoms with van der Waals surface area (Å²) in [4.78, 5) is 0. The van der Waals surface area contributed by atoms with Crippen LogP contribution in [0.2, 0.25) is 5.02 Å². The molecule has 1 aliphatic rings. The van der Waals surface area contributed by atoms with Gasteiger partial charge in [-0.1, -0.05) is 43.6 Å². The van der Waals surface area contributed by atoms with E-state index in [9.17, 15) is 0 Å². The van der Waals surface area contributed by atoms with Crippen LogP contribution in [0.4, 0.5) is 0 Å². The van der Waals surface area contributed by atoms with Crippen molar-refractivity contribution in [2.75, 3.05) is 18.1 Å². The third-order valence-electron chi connectivity index (χ3n) is 3.95. The number of benzene rings is 1. The SMILES string of the molecule is CCCNC(Cc1ccccc1Cl)C1SCCSC1CC. The van der Waals surface area contributed by atoms with Crippen molar-refractivity contribution in [1.82, 2.24) is 5.32 Å². The molecule has 0 aromatic heterocycles. The van der Waals surface area contributed by atoms with Crippen LogP contribution >= 0.6 is 35.1 Å². The molecule has 0 amide bonds. The fourth-order valence-electron chi connectivity index (χ4n) is 2.85. The van der Waals surface area contributed by atoms with E-state index in [0.717, 1.165) is 23.2 Å². The molecule has 1 N–H and O–H groups in total. The van der Waals surface area contributed by atoms with Crippen molar-refractivity contribution in [3.05, 3.63) is 34.9 Å². The van der Waals surface area contributed by atoms with E-state index < -0.39 is 0 Å². The van der Waals surface area contributed by atoms with Crippen molar-refractivity contribution in [3.8, 4) is 0 Å². The lowest BCUT2D eigenvalue weighted by Crippen LogP contribution is -2.46. The predicted molar refractivity (Wildman–Crippen MR) is 100 cm³/mol. The summed E-state index contributed by atoms with van der Waals surface area (Å²) in [5.41, 5.74) is 1.28. The molecule has 1 aliphatic heterocycles. The molecule has 3 atom stereocenters. The summed E-state index contributed by atoms with van der Waals surface area (Å²) in [6, 6.07) is 8.81. The van der Waals surface area contributed by atoms with E-state index in [0.29, 0.717) is 11.3 Å². The molecule has 1 saturated heterocycles. The van der Waals surface area contributed by atoms with Crippen molar-refractivity contribution in [2.24, 2.45) is 0 Å². The van der Waals surface area contributed by atoms with Gasteiger partial charge in [-0.2, -0.15) is 23.5 Å². The third-order valence-corrected chi connectivity index (χ3v) is 7.72. The molecule has 0 saturated carbocycles. The van der Waals surface area contributed by atoms with Gasteiger partial charge in [0.1, 0.15) is 0 Å². The molecule has 0 radical (unpaired) electrons. The first-order valence-electron chi connectivity index (χ1n) is 7.96. The molecule has 4 heteroatoms. The van der Waals surface area contributed by atoms with Gasteiger partial charge < -0.3 is 5.32 Å². The maximum atomic E-state index is 6.37. The van der Waals surface area contributed by atoms with Crippen LogP contribution in [0.3, 0.4) is 0 Å². The normalized spacial score (nSPS) is 24.0. The van der Waals surface area contributed by atoms with Crippen LogP contribution in [0.1, 0.15) is 32.3 Å². The van der Waals surface area contributed by atoms with Crippen molar-refractivity contribution in [1.29, 1.82) is 0 Å². The van der Waals surface area contributed by atoms with Gasteiger partial charge in [0, 0.05) is 33.1 Å². The minimum atomic E-state index is 0.521. The van der Waals surface area contributed by atoms with E-state index in [2.05, 4.69) is 54.8 Å². The second kappa shape index (κ2) is 9.34. The van der Waals surface area contributed by atoms with Gasteiger partial charge >= 0.3 is 0 Å². The molecule has 0 spiro atoms. The molecule has 1 nitrogen and oxygen atoms in total. The Bertz CT molecular complexity index is 427. The number of halogens is 1.